The predicted octanol–water partition coefficient (Wildman–Crippen LogP) is 1.86. The molecule has 0 saturated carbocycles. The SMILES string of the molecule is COc1cc(Br)c(C=N/N=C2/NC(=O)C(CC(=O)O)S2)cc1OC. The Morgan fingerprint density at radius 2 is 2.08 bits per heavy atom. The Bertz CT molecular complexity index is 723. The number of carbonyl (C=O) groups is 2. The monoisotopic (exact) mass is 415 g/mol. The van der Waals surface area contributed by atoms with Gasteiger partial charge in [-0.25, -0.2) is 0 Å². The number of nitrogens with zero attached hydrogens (tertiary/aromatic N) is 2. The zero-order valence-corrected chi connectivity index (χ0v) is 15.2. The van der Waals surface area contributed by atoms with Crippen molar-refractivity contribution in [1.82, 2.24) is 5.32 Å². The van der Waals surface area contributed by atoms with E-state index in [1.165, 1.54) is 20.4 Å². The van der Waals surface area contributed by atoms with Crippen molar-refractivity contribution in [2.75, 3.05) is 14.2 Å². The number of ether oxygens (including phenoxy) is 2. The molecule has 1 unspecified atom stereocenters. The van der Waals surface area contributed by atoms with Gasteiger partial charge in [-0.2, -0.15) is 5.10 Å². The molecule has 0 spiro atoms. The summed E-state index contributed by atoms with van der Waals surface area (Å²) in [5.74, 6) is -0.312. The van der Waals surface area contributed by atoms with Gasteiger partial charge in [0.1, 0.15) is 5.25 Å². The molecule has 2 N–H and O–H groups in total. The van der Waals surface area contributed by atoms with Gasteiger partial charge in [0.15, 0.2) is 16.7 Å². The quantitative estimate of drug-likeness (QED) is 0.541. The Labute approximate surface area is 150 Å². The van der Waals surface area contributed by atoms with E-state index in [9.17, 15) is 9.59 Å². The van der Waals surface area contributed by atoms with Crippen molar-refractivity contribution in [3.63, 3.8) is 0 Å². The third-order valence-corrected chi connectivity index (χ3v) is 4.74. The Morgan fingerprint density at radius 1 is 1.42 bits per heavy atom. The summed E-state index contributed by atoms with van der Waals surface area (Å²) in [5.41, 5.74) is 0.702. The number of hydrogen-bond donors (Lipinski definition) is 2. The number of rotatable bonds is 6. The van der Waals surface area contributed by atoms with E-state index < -0.39 is 11.2 Å². The smallest absolute Gasteiger partial charge is 0.305 e. The molecule has 0 radical (unpaired) electrons. The van der Waals surface area contributed by atoms with Crippen LogP contribution in [0.4, 0.5) is 0 Å². The van der Waals surface area contributed by atoms with Gasteiger partial charge in [0.05, 0.1) is 26.9 Å². The van der Waals surface area contributed by atoms with E-state index >= 15 is 0 Å². The first-order chi connectivity index (χ1) is 11.4. The van der Waals surface area contributed by atoms with Crippen molar-refractivity contribution in [3.05, 3.63) is 22.2 Å². The predicted molar refractivity (Wildman–Crippen MR) is 94.0 cm³/mol. The van der Waals surface area contributed by atoms with E-state index in [4.69, 9.17) is 14.6 Å². The van der Waals surface area contributed by atoms with Gasteiger partial charge in [0, 0.05) is 10.0 Å². The van der Waals surface area contributed by atoms with Crippen LogP contribution in [0.15, 0.2) is 26.8 Å². The second-order valence-corrected chi connectivity index (χ2v) is 6.62. The summed E-state index contributed by atoms with van der Waals surface area (Å²) in [6.45, 7) is 0. The first kappa shape index (κ1) is 18.3. The number of nitrogens with one attached hydrogen (secondary N) is 1. The molecule has 0 bridgehead atoms. The molecule has 1 amide bonds. The minimum absolute atomic E-state index is 0.263. The van der Waals surface area contributed by atoms with Gasteiger partial charge in [0.25, 0.3) is 0 Å². The molecule has 1 fully saturated rings. The number of methoxy groups -OCH3 is 2. The third kappa shape index (κ3) is 4.48. The van der Waals surface area contributed by atoms with Gasteiger partial charge in [-0.1, -0.05) is 11.8 Å². The number of aliphatic carboxylic acids is 1. The van der Waals surface area contributed by atoms with Gasteiger partial charge in [-0.15, -0.1) is 5.10 Å². The van der Waals surface area contributed by atoms with Crippen LogP contribution in [0.1, 0.15) is 12.0 Å². The molecular formula is C14H14BrN3O5S. The highest BCUT2D eigenvalue weighted by Gasteiger charge is 2.32. The highest BCUT2D eigenvalue weighted by molar-refractivity contribution is 9.10. The van der Waals surface area contributed by atoms with Crippen LogP contribution in [0.5, 0.6) is 11.5 Å². The van der Waals surface area contributed by atoms with Crippen molar-refractivity contribution >= 4 is 51.0 Å². The van der Waals surface area contributed by atoms with Crippen LogP contribution < -0.4 is 14.8 Å². The molecule has 1 saturated heterocycles. The van der Waals surface area contributed by atoms with Crippen molar-refractivity contribution in [2.45, 2.75) is 11.7 Å². The number of thioether (sulfide) groups is 1. The van der Waals surface area contributed by atoms with Crippen molar-refractivity contribution in [1.29, 1.82) is 0 Å². The number of carboxylic acids is 1. The van der Waals surface area contributed by atoms with E-state index in [1.807, 2.05) is 0 Å². The molecule has 24 heavy (non-hydrogen) atoms. The Morgan fingerprint density at radius 3 is 2.71 bits per heavy atom. The first-order valence-electron chi connectivity index (χ1n) is 6.66. The lowest BCUT2D eigenvalue weighted by molar-refractivity contribution is -0.138. The molecule has 1 aliphatic heterocycles. The molecular weight excluding hydrogens is 402 g/mol. The number of carbonyl (C=O) groups excluding carboxylic acids is 1. The molecule has 0 aromatic heterocycles. The molecule has 2 rings (SSSR count). The maximum absolute atomic E-state index is 11.6. The molecule has 128 valence electrons. The average Bonchev–Trinajstić information content (AvgIpc) is 2.87. The van der Waals surface area contributed by atoms with Crippen molar-refractivity contribution in [2.24, 2.45) is 10.2 Å². The highest BCUT2D eigenvalue weighted by Crippen LogP contribution is 2.32. The zero-order chi connectivity index (χ0) is 17.7. The van der Waals surface area contributed by atoms with E-state index in [-0.39, 0.29) is 17.5 Å². The van der Waals surface area contributed by atoms with Crippen LogP contribution in [0, 0.1) is 0 Å². The topological polar surface area (TPSA) is 110 Å². The number of halogens is 1. The Balaban J connectivity index is 2.12. The van der Waals surface area contributed by atoms with Crippen LogP contribution in [0.25, 0.3) is 0 Å². The van der Waals surface area contributed by atoms with E-state index in [0.29, 0.717) is 17.1 Å². The summed E-state index contributed by atoms with van der Waals surface area (Å²) in [6.07, 6.45) is 1.22. The summed E-state index contributed by atoms with van der Waals surface area (Å²) in [6, 6.07) is 3.46. The van der Waals surface area contributed by atoms with Crippen LogP contribution >= 0.6 is 27.7 Å². The lowest BCUT2D eigenvalue weighted by Crippen LogP contribution is -2.26. The zero-order valence-electron chi connectivity index (χ0n) is 12.8. The molecule has 8 nitrogen and oxygen atoms in total. The van der Waals surface area contributed by atoms with Gasteiger partial charge >= 0.3 is 5.97 Å². The van der Waals surface area contributed by atoms with Gasteiger partial charge in [-0.3, -0.25) is 9.59 Å². The van der Waals surface area contributed by atoms with Crippen molar-refractivity contribution < 1.29 is 24.2 Å². The molecule has 1 aromatic rings. The maximum atomic E-state index is 11.6. The summed E-state index contributed by atoms with van der Waals surface area (Å²) in [7, 11) is 3.07. The fraction of sp³-hybridized carbons (Fsp3) is 0.286. The van der Waals surface area contributed by atoms with E-state index in [2.05, 4.69) is 31.4 Å². The maximum Gasteiger partial charge on any atom is 0.305 e. The van der Waals surface area contributed by atoms with E-state index in [1.54, 1.807) is 12.1 Å². The standard InChI is InChI=1S/C14H14BrN3O5S/c1-22-9-3-7(8(15)4-10(9)23-2)6-16-18-14-17-13(21)11(24-14)5-12(19)20/h3-4,6,11H,5H2,1-2H3,(H,19,20)(H,17,18,21). The molecule has 1 aliphatic rings. The third-order valence-electron chi connectivity index (χ3n) is 2.98. The van der Waals surface area contributed by atoms with Gasteiger partial charge < -0.3 is 19.9 Å². The van der Waals surface area contributed by atoms with E-state index in [0.717, 1.165) is 16.2 Å². The molecule has 1 heterocycles. The second-order valence-electron chi connectivity index (χ2n) is 4.57. The lowest BCUT2D eigenvalue weighted by atomic mass is 10.2. The van der Waals surface area contributed by atoms with Gasteiger partial charge in [-0.05, 0) is 28.1 Å². The second kappa shape index (κ2) is 8.15. The highest BCUT2D eigenvalue weighted by atomic mass is 79.9. The number of amides is 1. The fourth-order valence-corrected chi connectivity index (χ4v) is 3.20. The first-order valence-corrected chi connectivity index (χ1v) is 8.33. The number of benzene rings is 1. The van der Waals surface area contributed by atoms with Crippen LogP contribution in [0.2, 0.25) is 0 Å². The largest absolute Gasteiger partial charge is 0.493 e. The van der Waals surface area contributed by atoms with Crippen LogP contribution in [-0.4, -0.2) is 47.8 Å². The van der Waals surface area contributed by atoms with Crippen LogP contribution in [0.3, 0.4) is 0 Å². The van der Waals surface area contributed by atoms with Gasteiger partial charge in [0.2, 0.25) is 5.91 Å². The minimum Gasteiger partial charge on any atom is -0.493 e. The summed E-state index contributed by atoms with van der Waals surface area (Å²) in [4.78, 5) is 22.3. The van der Waals surface area contributed by atoms with Crippen molar-refractivity contribution in [3.8, 4) is 11.5 Å². The van der Waals surface area contributed by atoms with Crippen LogP contribution in [-0.2, 0) is 9.59 Å². The number of amidine groups is 1. The Kier molecular flexibility index (Phi) is 6.21. The minimum atomic E-state index is -1.04. The summed E-state index contributed by atoms with van der Waals surface area (Å²) in [5, 5.41) is 18.6. The Hall–Kier alpha value is -2.07. The summed E-state index contributed by atoms with van der Waals surface area (Å²) >= 11 is 4.43. The normalized spacial score (nSPS) is 18.9. The fourth-order valence-electron chi connectivity index (χ4n) is 1.86. The molecule has 10 heteroatoms. The number of carboxylic acid groups (broad SMARTS) is 1. The average molecular weight is 416 g/mol. The lowest BCUT2D eigenvalue weighted by Gasteiger charge is -2.09. The molecule has 0 aliphatic carbocycles. The number of hydrogen-bond acceptors (Lipinski definition) is 7. The summed E-state index contributed by atoms with van der Waals surface area (Å²) < 4.78 is 11.1. The molecule has 1 aromatic carbocycles. The molecule has 1 atom stereocenters.